The van der Waals surface area contributed by atoms with Crippen molar-refractivity contribution in [2.24, 2.45) is 0 Å². The SMILES string of the molecule is CC1Cc2ccccc2N1Cc1cccc(Br)c1O. The summed E-state index contributed by atoms with van der Waals surface area (Å²) in [7, 11) is 0. The summed E-state index contributed by atoms with van der Waals surface area (Å²) >= 11 is 3.37. The number of halogens is 1. The quantitative estimate of drug-likeness (QED) is 0.901. The Morgan fingerprint density at radius 2 is 2.00 bits per heavy atom. The van der Waals surface area contributed by atoms with E-state index in [1.165, 1.54) is 11.3 Å². The van der Waals surface area contributed by atoms with E-state index in [0.29, 0.717) is 11.8 Å². The highest BCUT2D eigenvalue weighted by Gasteiger charge is 2.26. The summed E-state index contributed by atoms with van der Waals surface area (Å²) in [5, 5.41) is 10.1. The average molecular weight is 318 g/mol. The van der Waals surface area contributed by atoms with E-state index in [9.17, 15) is 5.11 Å². The number of para-hydroxylation sites is 2. The van der Waals surface area contributed by atoms with E-state index in [0.717, 1.165) is 23.0 Å². The fraction of sp³-hybridized carbons (Fsp3) is 0.250. The van der Waals surface area contributed by atoms with Gasteiger partial charge in [-0.15, -0.1) is 0 Å². The molecule has 2 nitrogen and oxygen atoms in total. The van der Waals surface area contributed by atoms with Gasteiger partial charge in [-0.25, -0.2) is 0 Å². The maximum absolute atomic E-state index is 10.1. The second-order valence-corrected chi connectivity index (χ2v) is 5.91. The lowest BCUT2D eigenvalue weighted by atomic mass is 10.1. The fourth-order valence-corrected chi connectivity index (χ4v) is 3.15. The van der Waals surface area contributed by atoms with Crippen LogP contribution in [-0.2, 0) is 13.0 Å². The van der Waals surface area contributed by atoms with Gasteiger partial charge in [0.1, 0.15) is 5.75 Å². The molecule has 0 radical (unpaired) electrons. The number of phenols is 1. The van der Waals surface area contributed by atoms with E-state index in [-0.39, 0.29) is 0 Å². The molecule has 0 fully saturated rings. The van der Waals surface area contributed by atoms with E-state index < -0.39 is 0 Å². The number of anilines is 1. The molecule has 0 saturated heterocycles. The molecule has 19 heavy (non-hydrogen) atoms. The Morgan fingerprint density at radius 3 is 2.84 bits per heavy atom. The summed E-state index contributed by atoms with van der Waals surface area (Å²) in [6.07, 6.45) is 1.07. The van der Waals surface area contributed by atoms with Gasteiger partial charge in [-0.3, -0.25) is 0 Å². The highest BCUT2D eigenvalue weighted by Crippen LogP contribution is 2.35. The zero-order chi connectivity index (χ0) is 13.4. The van der Waals surface area contributed by atoms with Crippen LogP contribution in [0.15, 0.2) is 46.9 Å². The normalized spacial score (nSPS) is 17.6. The molecule has 0 bridgehead atoms. The van der Waals surface area contributed by atoms with Crippen molar-refractivity contribution in [2.75, 3.05) is 4.90 Å². The molecule has 1 aliphatic rings. The van der Waals surface area contributed by atoms with Gasteiger partial charge in [0, 0.05) is 23.8 Å². The summed E-state index contributed by atoms with van der Waals surface area (Å²) < 4.78 is 0.755. The summed E-state index contributed by atoms with van der Waals surface area (Å²) in [5.74, 6) is 0.346. The number of benzene rings is 2. The molecule has 2 aromatic rings. The number of aromatic hydroxyl groups is 1. The average Bonchev–Trinajstić information content (AvgIpc) is 2.72. The van der Waals surface area contributed by atoms with Crippen LogP contribution in [0.5, 0.6) is 5.75 Å². The highest BCUT2D eigenvalue weighted by atomic mass is 79.9. The van der Waals surface area contributed by atoms with Crippen LogP contribution in [0.1, 0.15) is 18.1 Å². The van der Waals surface area contributed by atoms with E-state index in [1.807, 2.05) is 18.2 Å². The van der Waals surface area contributed by atoms with Crippen LogP contribution in [-0.4, -0.2) is 11.1 Å². The first-order chi connectivity index (χ1) is 9.16. The lowest BCUT2D eigenvalue weighted by Gasteiger charge is -2.25. The smallest absolute Gasteiger partial charge is 0.134 e. The van der Waals surface area contributed by atoms with Crippen molar-refractivity contribution in [3.63, 3.8) is 0 Å². The number of phenolic OH excluding ortho intramolecular Hbond substituents is 1. The maximum atomic E-state index is 10.1. The van der Waals surface area contributed by atoms with Crippen molar-refractivity contribution in [2.45, 2.75) is 25.9 Å². The van der Waals surface area contributed by atoms with E-state index >= 15 is 0 Å². The molecule has 1 atom stereocenters. The predicted octanol–water partition coefficient (Wildman–Crippen LogP) is 4.11. The van der Waals surface area contributed by atoms with Gasteiger partial charge in [-0.05, 0) is 47.0 Å². The van der Waals surface area contributed by atoms with Gasteiger partial charge in [-0.2, -0.15) is 0 Å². The largest absolute Gasteiger partial charge is 0.506 e. The Hall–Kier alpha value is -1.48. The van der Waals surface area contributed by atoms with Gasteiger partial charge in [0.25, 0.3) is 0 Å². The Bertz CT molecular complexity index is 611. The third-order valence-corrected chi connectivity index (χ3v) is 4.40. The van der Waals surface area contributed by atoms with Crippen LogP contribution in [0, 0.1) is 0 Å². The van der Waals surface area contributed by atoms with Crippen molar-refractivity contribution >= 4 is 21.6 Å². The van der Waals surface area contributed by atoms with Gasteiger partial charge in [0.2, 0.25) is 0 Å². The lowest BCUT2D eigenvalue weighted by molar-refractivity contribution is 0.463. The van der Waals surface area contributed by atoms with E-state index in [4.69, 9.17) is 0 Å². The number of nitrogens with zero attached hydrogens (tertiary/aromatic N) is 1. The van der Waals surface area contributed by atoms with Crippen molar-refractivity contribution in [3.05, 3.63) is 58.1 Å². The number of hydrogen-bond acceptors (Lipinski definition) is 2. The first-order valence-corrected chi connectivity index (χ1v) is 7.27. The van der Waals surface area contributed by atoms with Crippen molar-refractivity contribution in [1.29, 1.82) is 0 Å². The van der Waals surface area contributed by atoms with Crippen LogP contribution >= 0.6 is 15.9 Å². The van der Waals surface area contributed by atoms with Crippen LogP contribution in [0.2, 0.25) is 0 Å². The molecule has 98 valence electrons. The number of fused-ring (bicyclic) bond motifs is 1. The summed E-state index contributed by atoms with van der Waals surface area (Å²) in [6.45, 7) is 2.97. The van der Waals surface area contributed by atoms with E-state index in [1.54, 1.807) is 0 Å². The molecule has 0 saturated carbocycles. The summed E-state index contributed by atoms with van der Waals surface area (Å²) in [6, 6.07) is 14.8. The van der Waals surface area contributed by atoms with Gasteiger partial charge in [0.05, 0.1) is 4.47 Å². The molecule has 1 unspecified atom stereocenters. The molecule has 2 aromatic carbocycles. The van der Waals surface area contributed by atoms with Gasteiger partial charge in [-0.1, -0.05) is 30.3 Å². The molecule has 0 aliphatic carbocycles. The first-order valence-electron chi connectivity index (χ1n) is 6.47. The zero-order valence-corrected chi connectivity index (χ0v) is 12.4. The molecule has 3 rings (SSSR count). The molecular formula is C16H16BrNO. The molecule has 1 N–H and O–H groups in total. The van der Waals surface area contributed by atoms with Crippen molar-refractivity contribution < 1.29 is 5.11 Å². The van der Waals surface area contributed by atoms with Gasteiger partial charge < -0.3 is 10.0 Å². The number of rotatable bonds is 2. The molecular weight excluding hydrogens is 302 g/mol. The highest BCUT2D eigenvalue weighted by molar-refractivity contribution is 9.10. The monoisotopic (exact) mass is 317 g/mol. The van der Waals surface area contributed by atoms with Crippen LogP contribution in [0.3, 0.4) is 0 Å². The zero-order valence-electron chi connectivity index (χ0n) is 10.8. The summed E-state index contributed by atoms with van der Waals surface area (Å²) in [5.41, 5.74) is 3.64. The van der Waals surface area contributed by atoms with E-state index in [2.05, 4.69) is 52.0 Å². The predicted molar refractivity (Wildman–Crippen MR) is 81.6 cm³/mol. The minimum absolute atomic E-state index is 0.346. The summed E-state index contributed by atoms with van der Waals surface area (Å²) in [4.78, 5) is 2.36. The third-order valence-electron chi connectivity index (χ3n) is 3.76. The Kier molecular flexibility index (Phi) is 3.23. The second-order valence-electron chi connectivity index (χ2n) is 5.06. The van der Waals surface area contributed by atoms with Gasteiger partial charge in [0.15, 0.2) is 0 Å². The first kappa shape index (κ1) is 12.5. The van der Waals surface area contributed by atoms with Crippen LogP contribution in [0.4, 0.5) is 5.69 Å². The number of hydrogen-bond donors (Lipinski definition) is 1. The molecule has 0 aromatic heterocycles. The molecule has 0 amide bonds. The standard InChI is InChI=1S/C16H16BrNO/c1-11-9-12-5-2-3-8-15(12)18(11)10-13-6-4-7-14(17)16(13)19/h2-8,11,19H,9-10H2,1H3. The minimum atomic E-state index is 0.346. The third kappa shape index (κ3) is 2.23. The maximum Gasteiger partial charge on any atom is 0.134 e. The Labute approximate surface area is 121 Å². The molecule has 0 spiro atoms. The molecule has 1 heterocycles. The Balaban J connectivity index is 1.93. The fourth-order valence-electron chi connectivity index (χ4n) is 2.74. The van der Waals surface area contributed by atoms with Crippen LogP contribution < -0.4 is 4.90 Å². The van der Waals surface area contributed by atoms with Gasteiger partial charge >= 0.3 is 0 Å². The van der Waals surface area contributed by atoms with Crippen molar-refractivity contribution in [3.8, 4) is 5.75 Å². The Morgan fingerprint density at radius 1 is 1.21 bits per heavy atom. The van der Waals surface area contributed by atoms with Crippen LogP contribution in [0.25, 0.3) is 0 Å². The molecule has 3 heteroatoms. The van der Waals surface area contributed by atoms with Crippen molar-refractivity contribution in [1.82, 2.24) is 0 Å². The lowest BCUT2D eigenvalue weighted by Crippen LogP contribution is -2.28. The minimum Gasteiger partial charge on any atom is -0.506 e. The topological polar surface area (TPSA) is 23.5 Å². The molecule has 1 aliphatic heterocycles. The second kappa shape index (κ2) is 4.89.